The van der Waals surface area contributed by atoms with Gasteiger partial charge in [0, 0.05) is 25.9 Å². The Labute approximate surface area is 119 Å². The van der Waals surface area contributed by atoms with Crippen molar-refractivity contribution in [2.75, 3.05) is 14.1 Å². The van der Waals surface area contributed by atoms with Crippen molar-refractivity contribution in [1.82, 2.24) is 14.7 Å². The molecular weight excluding hydrogens is 283 g/mol. The predicted octanol–water partition coefficient (Wildman–Crippen LogP) is 2.66. The molecule has 112 valence electrons. The van der Waals surface area contributed by atoms with Crippen LogP contribution < -0.4 is 0 Å². The highest BCUT2D eigenvalue weighted by atomic mass is 19.4. The van der Waals surface area contributed by atoms with E-state index in [0.717, 1.165) is 12.1 Å². The number of hydrogen-bond acceptors (Lipinski definition) is 2. The highest BCUT2D eigenvalue weighted by molar-refractivity contribution is 5.75. The minimum atomic E-state index is -4.38. The lowest BCUT2D eigenvalue weighted by atomic mass is 10.1. The van der Waals surface area contributed by atoms with Gasteiger partial charge in [0.15, 0.2) is 0 Å². The summed E-state index contributed by atoms with van der Waals surface area (Å²) in [4.78, 5) is 13.0. The fourth-order valence-corrected chi connectivity index (χ4v) is 1.75. The van der Waals surface area contributed by atoms with Gasteiger partial charge >= 0.3 is 6.18 Å². The van der Waals surface area contributed by atoms with Crippen molar-refractivity contribution < 1.29 is 18.0 Å². The van der Waals surface area contributed by atoms with Crippen LogP contribution in [-0.4, -0.2) is 34.7 Å². The van der Waals surface area contributed by atoms with Crippen molar-refractivity contribution in [2.24, 2.45) is 0 Å². The Balaban J connectivity index is 2.24. The van der Waals surface area contributed by atoms with Gasteiger partial charge in [-0.1, -0.05) is 12.1 Å². The number of benzene rings is 1. The molecule has 1 heterocycles. The van der Waals surface area contributed by atoms with Gasteiger partial charge in [0.2, 0.25) is 5.91 Å². The van der Waals surface area contributed by atoms with Crippen molar-refractivity contribution in [3.8, 4) is 11.1 Å². The van der Waals surface area contributed by atoms with Crippen LogP contribution in [0.15, 0.2) is 36.7 Å². The third kappa shape index (κ3) is 3.62. The van der Waals surface area contributed by atoms with Crippen LogP contribution in [0.25, 0.3) is 11.1 Å². The molecule has 0 radical (unpaired) electrons. The zero-order valence-electron chi connectivity index (χ0n) is 11.6. The predicted molar refractivity (Wildman–Crippen MR) is 71.4 cm³/mol. The molecule has 0 spiro atoms. The van der Waals surface area contributed by atoms with E-state index in [1.165, 1.54) is 21.8 Å². The molecule has 0 saturated heterocycles. The lowest BCUT2D eigenvalue weighted by Gasteiger charge is -2.09. The van der Waals surface area contributed by atoms with Gasteiger partial charge < -0.3 is 4.90 Å². The Hall–Kier alpha value is -2.31. The van der Waals surface area contributed by atoms with E-state index in [0.29, 0.717) is 11.1 Å². The lowest BCUT2D eigenvalue weighted by Crippen LogP contribution is -2.26. The van der Waals surface area contributed by atoms with Gasteiger partial charge in [-0.2, -0.15) is 18.3 Å². The van der Waals surface area contributed by atoms with Crippen molar-refractivity contribution in [2.45, 2.75) is 12.7 Å². The molecule has 7 heteroatoms. The number of rotatable bonds is 3. The molecule has 0 atom stereocenters. The molecule has 0 aliphatic carbocycles. The van der Waals surface area contributed by atoms with Crippen molar-refractivity contribution in [3.05, 3.63) is 42.2 Å². The highest BCUT2D eigenvalue weighted by Crippen LogP contribution is 2.31. The first-order chi connectivity index (χ1) is 9.77. The topological polar surface area (TPSA) is 38.1 Å². The quantitative estimate of drug-likeness (QED) is 0.873. The molecule has 4 nitrogen and oxygen atoms in total. The zero-order chi connectivity index (χ0) is 15.6. The van der Waals surface area contributed by atoms with Crippen molar-refractivity contribution >= 4 is 5.91 Å². The number of nitrogens with zero attached hydrogens (tertiary/aromatic N) is 3. The fraction of sp³-hybridized carbons (Fsp3) is 0.286. The van der Waals surface area contributed by atoms with Crippen LogP contribution >= 0.6 is 0 Å². The maximum Gasteiger partial charge on any atom is 0.416 e. The van der Waals surface area contributed by atoms with Crippen LogP contribution in [-0.2, 0) is 17.5 Å². The number of halogens is 3. The molecule has 0 bridgehead atoms. The minimum Gasteiger partial charge on any atom is -0.347 e. The Kier molecular flexibility index (Phi) is 4.02. The summed E-state index contributed by atoms with van der Waals surface area (Å²) in [7, 11) is 3.25. The smallest absolute Gasteiger partial charge is 0.347 e. The van der Waals surface area contributed by atoms with E-state index in [2.05, 4.69) is 5.10 Å². The van der Waals surface area contributed by atoms with Gasteiger partial charge in [-0.05, 0) is 17.7 Å². The first-order valence-electron chi connectivity index (χ1n) is 6.17. The summed E-state index contributed by atoms with van der Waals surface area (Å²) in [6, 6.07) is 5.00. The summed E-state index contributed by atoms with van der Waals surface area (Å²) in [5.41, 5.74) is 0.234. The zero-order valence-corrected chi connectivity index (χ0v) is 11.6. The van der Waals surface area contributed by atoms with Crippen LogP contribution in [0.2, 0.25) is 0 Å². The van der Waals surface area contributed by atoms with E-state index in [4.69, 9.17) is 0 Å². The summed E-state index contributed by atoms with van der Waals surface area (Å²) in [6.45, 7) is 0.0476. The maximum atomic E-state index is 12.7. The summed E-state index contributed by atoms with van der Waals surface area (Å²) in [5, 5.41) is 3.99. The van der Waals surface area contributed by atoms with Crippen LogP contribution in [0.3, 0.4) is 0 Å². The minimum absolute atomic E-state index is 0.0476. The van der Waals surface area contributed by atoms with E-state index in [1.54, 1.807) is 26.4 Å². The average molecular weight is 297 g/mol. The molecule has 2 rings (SSSR count). The fourth-order valence-electron chi connectivity index (χ4n) is 1.75. The number of hydrogen-bond donors (Lipinski definition) is 0. The Morgan fingerprint density at radius 3 is 2.62 bits per heavy atom. The van der Waals surface area contributed by atoms with Crippen LogP contribution in [0.5, 0.6) is 0 Å². The Bertz CT molecular complexity index is 647. The number of amides is 1. The molecule has 0 saturated carbocycles. The highest BCUT2D eigenvalue weighted by Gasteiger charge is 2.30. The van der Waals surface area contributed by atoms with Gasteiger partial charge in [0.25, 0.3) is 0 Å². The van der Waals surface area contributed by atoms with E-state index in [9.17, 15) is 18.0 Å². The first-order valence-corrected chi connectivity index (χ1v) is 6.17. The summed E-state index contributed by atoms with van der Waals surface area (Å²) < 4.78 is 39.4. The molecule has 1 amide bonds. The maximum absolute atomic E-state index is 12.7. The molecule has 0 N–H and O–H groups in total. The van der Waals surface area contributed by atoms with Gasteiger partial charge in [0.1, 0.15) is 6.54 Å². The largest absolute Gasteiger partial charge is 0.416 e. The number of likely N-dealkylation sites (N-methyl/N-ethyl adjacent to an activating group) is 1. The monoisotopic (exact) mass is 297 g/mol. The number of carbonyl (C=O) groups is 1. The normalized spacial score (nSPS) is 11.5. The lowest BCUT2D eigenvalue weighted by molar-refractivity contribution is -0.137. The van der Waals surface area contributed by atoms with Gasteiger partial charge in [0.05, 0.1) is 11.8 Å². The molecule has 0 unspecified atom stereocenters. The second kappa shape index (κ2) is 5.59. The van der Waals surface area contributed by atoms with Crippen LogP contribution in [0.4, 0.5) is 13.2 Å². The molecule has 0 fully saturated rings. The van der Waals surface area contributed by atoms with Crippen molar-refractivity contribution in [3.63, 3.8) is 0 Å². The summed E-state index contributed by atoms with van der Waals surface area (Å²) in [6.07, 6.45) is -1.39. The van der Waals surface area contributed by atoms with E-state index in [1.807, 2.05) is 0 Å². The third-order valence-corrected chi connectivity index (χ3v) is 2.95. The van der Waals surface area contributed by atoms with E-state index >= 15 is 0 Å². The van der Waals surface area contributed by atoms with Gasteiger partial charge in [-0.3, -0.25) is 9.48 Å². The third-order valence-electron chi connectivity index (χ3n) is 2.95. The van der Waals surface area contributed by atoms with E-state index in [-0.39, 0.29) is 12.5 Å². The van der Waals surface area contributed by atoms with Gasteiger partial charge in [-0.25, -0.2) is 0 Å². The molecule has 1 aromatic heterocycles. The number of alkyl halides is 3. The van der Waals surface area contributed by atoms with Crippen LogP contribution in [0.1, 0.15) is 5.56 Å². The molecule has 0 aliphatic rings. The van der Waals surface area contributed by atoms with E-state index < -0.39 is 11.7 Å². The summed E-state index contributed by atoms with van der Waals surface area (Å²) >= 11 is 0. The van der Waals surface area contributed by atoms with Gasteiger partial charge in [-0.15, -0.1) is 0 Å². The molecule has 21 heavy (non-hydrogen) atoms. The number of aromatic nitrogens is 2. The first kappa shape index (κ1) is 15.1. The SMILES string of the molecule is CN(C)C(=O)Cn1cc(-c2cccc(C(F)(F)F)c2)cn1. The Morgan fingerprint density at radius 1 is 1.29 bits per heavy atom. The molecular formula is C14H14F3N3O. The van der Waals surface area contributed by atoms with Crippen molar-refractivity contribution in [1.29, 1.82) is 0 Å². The molecule has 0 aliphatic heterocycles. The summed E-state index contributed by atoms with van der Waals surface area (Å²) in [5.74, 6) is -0.145. The average Bonchev–Trinajstić information content (AvgIpc) is 2.86. The Morgan fingerprint density at radius 2 is 2.00 bits per heavy atom. The second-order valence-corrected chi connectivity index (χ2v) is 4.79. The second-order valence-electron chi connectivity index (χ2n) is 4.79. The number of carbonyl (C=O) groups excluding carboxylic acids is 1. The molecule has 2 aromatic rings. The molecule has 1 aromatic carbocycles. The standard InChI is InChI=1S/C14H14F3N3O/c1-19(2)13(21)9-20-8-11(7-18-20)10-4-3-5-12(6-10)14(15,16)17/h3-8H,9H2,1-2H3. The van der Waals surface area contributed by atoms with Crippen LogP contribution in [0, 0.1) is 0 Å².